The van der Waals surface area contributed by atoms with Crippen LogP contribution in [-0.2, 0) is 16.1 Å². The van der Waals surface area contributed by atoms with Crippen LogP contribution in [0, 0.1) is 13.8 Å². The SMILES string of the molecule is Cc1nc(SCC(=O)Nc2ccc3c(c2)OC(F)(F)O3)n(C[C@H]2CCCO2)c1C. The fourth-order valence-corrected chi connectivity index (χ4v) is 4.20. The van der Waals surface area contributed by atoms with Crippen molar-refractivity contribution < 1.29 is 27.8 Å². The van der Waals surface area contributed by atoms with Gasteiger partial charge in [-0.15, -0.1) is 8.78 Å². The highest BCUT2D eigenvalue weighted by atomic mass is 32.2. The number of nitrogens with zero attached hydrogens (tertiary/aromatic N) is 2. The Labute approximate surface area is 170 Å². The van der Waals surface area contributed by atoms with Crippen LogP contribution in [0.3, 0.4) is 0 Å². The van der Waals surface area contributed by atoms with E-state index in [4.69, 9.17) is 4.74 Å². The highest BCUT2D eigenvalue weighted by Crippen LogP contribution is 2.42. The van der Waals surface area contributed by atoms with Gasteiger partial charge in [0.2, 0.25) is 5.91 Å². The smallest absolute Gasteiger partial charge is 0.395 e. The van der Waals surface area contributed by atoms with Gasteiger partial charge in [0.05, 0.1) is 24.1 Å². The van der Waals surface area contributed by atoms with Crippen LogP contribution in [0.5, 0.6) is 11.5 Å². The third-order valence-corrected chi connectivity index (χ3v) is 5.83. The third kappa shape index (κ3) is 4.48. The van der Waals surface area contributed by atoms with E-state index >= 15 is 0 Å². The highest BCUT2D eigenvalue weighted by Gasteiger charge is 2.43. The maximum Gasteiger partial charge on any atom is 0.586 e. The zero-order valence-electron chi connectivity index (χ0n) is 16.0. The third-order valence-electron chi connectivity index (χ3n) is 4.85. The Morgan fingerprint density at radius 1 is 1.34 bits per heavy atom. The first kappa shape index (κ1) is 20.0. The number of rotatable bonds is 6. The number of aromatic nitrogens is 2. The summed E-state index contributed by atoms with van der Waals surface area (Å²) in [6.45, 7) is 5.44. The molecule has 1 N–H and O–H groups in total. The van der Waals surface area contributed by atoms with Crippen LogP contribution in [-0.4, -0.2) is 40.2 Å². The van der Waals surface area contributed by atoms with Crippen molar-refractivity contribution in [3.63, 3.8) is 0 Å². The number of ether oxygens (including phenoxy) is 3. The number of halogens is 2. The van der Waals surface area contributed by atoms with Crippen molar-refractivity contribution in [1.82, 2.24) is 9.55 Å². The van der Waals surface area contributed by atoms with E-state index in [2.05, 4.69) is 24.3 Å². The van der Waals surface area contributed by atoms with Gasteiger partial charge in [-0.05, 0) is 38.8 Å². The molecule has 1 fully saturated rings. The second-order valence-electron chi connectivity index (χ2n) is 6.98. The average Bonchev–Trinajstić information content (AvgIpc) is 3.33. The number of carbonyl (C=O) groups excluding carboxylic acids is 1. The topological polar surface area (TPSA) is 74.6 Å². The van der Waals surface area contributed by atoms with Crippen molar-refractivity contribution in [1.29, 1.82) is 0 Å². The lowest BCUT2D eigenvalue weighted by Gasteiger charge is -2.14. The number of hydrogen-bond acceptors (Lipinski definition) is 6. The largest absolute Gasteiger partial charge is 0.586 e. The monoisotopic (exact) mass is 425 g/mol. The summed E-state index contributed by atoms with van der Waals surface area (Å²) in [5, 5.41) is 3.44. The zero-order valence-corrected chi connectivity index (χ0v) is 16.9. The van der Waals surface area contributed by atoms with E-state index in [0.717, 1.165) is 36.0 Å². The van der Waals surface area contributed by atoms with E-state index in [-0.39, 0.29) is 29.3 Å². The molecule has 0 spiro atoms. The lowest BCUT2D eigenvalue weighted by Crippen LogP contribution is -2.25. The number of benzene rings is 1. The van der Waals surface area contributed by atoms with Crippen molar-refractivity contribution in [2.45, 2.75) is 50.8 Å². The van der Waals surface area contributed by atoms with Crippen LogP contribution in [0.2, 0.25) is 0 Å². The normalized spacial score (nSPS) is 19.5. The molecule has 1 amide bonds. The summed E-state index contributed by atoms with van der Waals surface area (Å²) in [6.07, 6.45) is -1.44. The molecule has 1 saturated heterocycles. The van der Waals surface area contributed by atoms with E-state index in [1.165, 1.54) is 30.0 Å². The van der Waals surface area contributed by atoms with Crippen molar-refractivity contribution in [3.8, 4) is 11.5 Å². The standard InChI is InChI=1S/C19H21F2N3O4S/c1-11-12(2)24(9-14-4-3-7-26-14)18(22-11)29-10-17(25)23-13-5-6-15-16(8-13)28-19(20,21)27-15/h5-6,8,14H,3-4,7,9-10H2,1-2H3,(H,23,25)/t14-/m1/s1. The Morgan fingerprint density at radius 2 is 2.14 bits per heavy atom. The second-order valence-corrected chi connectivity index (χ2v) is 7.92. The van der Waals surface area contributed by atoms with Gasteiger partial charge in [-0.25, -0.2) is 4.98 Å². The molecule has 0 saturated carbocycles. The maximum absolute atomic E-state index is 13.1. The van der Waals surface area contributed by atoms with Gasteiger partial charge < -0.3 is 24.1 Å². The molecule has 1 aromatic carbocycles. The van der Waals surface area contributed by atoms with Crippen molar-refractivity contribution >= 4 is 23.4 Å². The molecule has 1 atom stereocenters. The molecule has 0 unspecified atom stereocenters. The van der Waals surface area contributed by atoms with Crippen molar-refractivity contribution in [2.75, 3.05) is 17.7 Å². The Bertz CT molecular complexity index is 928. The Kier molecular flexibility index (Phi) is 5.39. The minimum absolute atomic E-state index is 0.0653. The molecular weight excluding hydrogens is 404 g/mol. The van der Waals surface area contributed by atoms with Crippen molar-refractivity contribution in [3.05, 3.63) is 29.6 Å². The van der Waals surface area contributed by atoms with E-state index in [1.54, 1.807) is 0 Å². The number of thioether (sulfide) groups is 1. The maximum atomic E-state index is 13.1. The first-order valence-electron chi connectivity index (χ1n) is 9.28. The predicted octanol–water partition coefficient (Wildman–Crippen LogP) is 3.73. The lowest BCUT2D eigenvalue weighted by atomic mass is 10.2. The predicted molar refractivity (Wildman–Crippen MR) is 103 cm³/mol. The van der Waals surface area contributed by atoms with Crippen LogP contribution in [0.25, 0.3) is 0 Å². The molecule has 0 bridgehead atoms. The average molecular weight is 425 g/mol. The van der Waals surface area contributed by atoms with Crippen LogP contribution in [0.4, 0.5) is 14.5 Å². The van der Waals surface area contributed by atoms with Gasteiger partial charge in [0.15, 0.2) is 16.7 Å². The zero-order chi connectivity index (χ0) is 20.6. The van der Waals surface area contributed by atoms with Crippen LogP contribution >= 0.6 is 11.8 Å². The number of amides is 1. The summed E-state index contributed by atoms with van der Waals surface area (Å²) < 4.78 is 42.8. The summed E-state index contributed by atoms with van der Waals surface area (Å²) in [5.41, 5.74) is 2.33. The van der Waals surface area contributed by atoms with Gasteiger partial charge in [0.1, 0.15) is 0 Å². The van der Waals surface area contributed by atoms with Gasteiger partial charge in [-0.3, -0.25) is 4.79 Å². The number of carbonyl (C=O) groups is 1. The van der Waals surface area contributed by atoms with E-state index in [9.17, 15) is 13.6 Å². The fourth-order valence-electron chi connectivity index (χ4n) is 3.29. The van der Waals surface area contributed by atoms with Crippen LogP contribution < -0.4 is 14.8 Å². The lowest BCUT2D eigenvalue weighted by molar-refractivity contribution is -0.286. The second kappa shape index (κ2) is 7.83. The molecule has 4 rings (SSSR count). The quantitative estimate of drug-likeness (QED) is 0.711. The molecule has 156 valence electrons. The Morgan fingerprint density at radius 3 is 2.90 bits per heavy atom. The molecule has 0 aliphatic carbocycles. The van der Waals surface area contributed by atoms with E-state index < -0.39 is 6.29 Å². The van der Waals surface area contributed by atoms with Gasteiger partial charge >= 0.3 is 6.29 Å². The molecule has 7 nitrogen and oxygen atoms in total. The van der Waals surface area contributed by atoms with Gasteiger partial charge in [-0.1, -0.05) is 11.8 Å². The van der Waals surface area contributed by atoms with Gasteiger partial charge in [0.25, 0.3) is 0 Å². The van der Waals surface area contributed by atoms with Crippen molar-refractivity contribution in [2.24, 2.45) is 0 Å². The van der Waals surface area contributed by atoms with E-state index in [1.807, 2.05) is 13.8 Å². The first-order valence-corrected chi connectivity index (χ1v) is 10.3. The summed E-state index contributed by atoms with van der Waals surface area (Å²) >= 11 is 1.33. The van der Waals surface area contributed by atoms with Crippen LogP contribution in [0.15, 0.2) is 23.4 Å². The Hall–Kier alpha value is -2.33. The Balaban J connectivity index is 1.37. The molecular formula is C19H21F2N3O4S. The number of fused-ring (bicyclic) bond motifs is 1. The first-order chi connectivity index (χ1) is 13.8. The molecule has 29 heavy (non-hydrogen) atoms. The number of anilines is 1. The summed E-state index contributed by atoms with van der Waals surface area (Å²) in [6, 6.07) is 4.13. The highest BCUT2D eigenvalue weighted by molar-refractivity contribution is 7.99. The molecule has 2 aliphatic rings. The summed E-state index contributed by atoms with van der Waals surface area (Å²) in [4.78, 5) is 16.9. The molecule has 1 aromatic heterocycles. The molecule has 2 aliphatic heterocycles. The minimum atomic E-state index is -3.68. The number of aryl methyl sites for hydroxylation is 1. The summed E-state index contributed by atoms with van der Waals surface area (Å²) in [7, 11) is 0. The molecule has 0 radical (unpaired) electrons. The number of imidazole rings is 1. The number of nitrogens with one attached hydrogen (secondary N) is 1. The van der Waals surface area contributed by atoms with Gasteiger partial charge in [-0.2, -0.15) is 0 Å². The fraction of sp³-hybridized carbons (Fsp3) is 0.474. The molecule has 10 heteroatoms. The van der Waals surface area contributed by atoms with E-state index in [0.29, 0.717) is 12.2 Å². The number of alkyl halides is 2. The molecule has 3 heterocycles. The van der Waals surface area contributed by atoms with Crippen LogP contribution in [0.1, 0.15) is 24.2 Å². The minimum Gasteiger partial charge on any atom is -0.395 e. The molecule has 2 aromatic rings. The summed E-state index contributed by atoms with van der Waals surface area (Å²) in [5.74, 6) is -0.322. The number of hydrogen-bond donors (Lipinski definition) is 1. The van der Waals surface area contributed by atoms with Gasteiger partial charge in [0, 0.05) is 24.1 Å².